The summed E-state index contributed by atoms with van der Waals surface area (Å²) in [6.45, 7) is 11.3. The Hall–Kier alpha value is -2.96. The Kier molecular flexibility index (Phi) is 7.40. The van der Waals surface area contributed by atoms with Crippen molar-refractivity contribution in [3.8, 4) is 0 Å². The first kappa shape index (κ1) is 24.7. The fourth-order valence-corrected chi connectivity index (χ4v) is 4.12. The average Bonchev–Trinajstić information content (AvgIpc) is 3.13. The van der Waals surface area contributed by atoms with Gasteiger partial charge in [0.25, 0.3) is 0 Å². The molecule has 1 aliphatic rings. The van der Waals surface area contributed by atoms with Gasteiger partial charge in [0.05, 0.1) is 18.3 Å². The molecule has 0 saturated carbocycles. The molecule has 1 saturated heterocycles. The van der Waals surface area contributed by atoms with Crippen LogP contribution in [0.2, 0.25) is 0 Å². The second kappa shape index (κ2) is 9.89. The van der Waals surface area contributed by atoms with E-state index in [1.807, 2.05) is 49.5 Å². The van der Waals surface area contributed by atoms with Crippen LogP contribution in [-0.4, -0.2) is 46.2 Å². The van der Waals surface area contributed by atoms with Gasteiger partial charge >= 0.3 is 6.09 Å². The maximum atomic E-state index is 14.3. The van der Waals surface area contributed by atoms with Gasteiger partial charge in [0.1, 0.15) is 17.8 Å². The lowest BCUT2D eigenvalue weighted by Gasteiger charge is -2.29. The molecule has 3 rings (SSSR count). The number of ether oxygens (including phenoxy) is 1. The third-order valence-electron chi connectivity index (χ3n) is 5.69. The Bertz CT molecular complexity index is 988. The normalized spacial score (nSPS) is 19.5. The van der Waals surface area contributed by atoms with Crippen LogP contribution in [0.3, 0.4) is 0 Å². The molecule has 1 fully saturated rings. The molecule has 0 radical (unpaired) electrons. The van der Waals surface area contributed by atoms with Crippen LogP contribution in [0, 0.1) is 6.92 Å². The van der Waals surface area contributed by atoms with E-state index < -0.39 is 35.9 Å². The van der Waals surface area contributed by atoms with Crippen LogP contribution in [0.25, 0.3) is 0 Å². The molecule has 1 aromatic heterocycles. The zero-order valence-corrected chi connectivity index (χ0v) is 20.3. The highest BCUT2D eigenvalue weighted by molar-refractivity contribution is 5.87. The monoisotopic (exact) mass is 455 g/mol. The SMILES string of the molecule is Cc1cc(C(NC(=O)C2CC(F)CN2C(=O)OC(C)(C)C)c2ccccc2)ncc1C(C)C. The number of aryl methyl sites for hydroxylation is 1. The summed E-state index contributed by atoms with van der Waals surface area (Å²) in [4.78, 5) is 31.8. The van der Waals surface area contributed by atoms with Crippen LogP contribution < -0.4 is 5.32 Å². The molecule has 0 aliphatic carbocycles. The summed E-state index contributed by atoms with van der Waals surface area (Å²) in [5.74, 6) is -0.0964. The molecule has 178 valence electrons. The number of carbonyl (C=O) groups is 2. The van der Waals surface area contributed by atoms with E-state index in [1.165, 1.54) is 4.90 Å². The molecule has 1 aliphatic heterocycles. The van der Waals surface area contributed by atoms with Crippen LogP contribution in [0.5, 0.6) is 0 Å². The van der Waals surface area contributed by atoms with Crippen molar-refractivity contribution in [1.29, 1.82) is 0 Å². The molecule has 2 heterocycles. The summed E-state index contributed by atoms with van der Waals surface area (Å²) in [5.41, 5.74) is 3.04. The van der Waals surface area contributed by atoms with E-state index in [1.54, 1.807) is 20.8 Å². The highest BCUT2D eigenvalue weighted by Crippen LogP contribution is 2.28. The van der Waals surface area contributed by atoms with Gasteiger partial charge in [-0.2, -0.15) is 0 Å². The Labute approximate surface area is 195 Å². The standard InChI is InChI=1S/C26H34FN3O3/c1-16(2)20-14-28-21(12-17(20)3)23(18-10-8-7-9-11-18)29-24(31)22-13-19(27)15-30(22)25(32)33-26(4,5)6/h7-12,14,16,19,22-23H,13,15H2,1-6H3,(H,29,31). The molecule has 3 unspecified atom stereocenters. The molecule has 3 atom stereocenters. The molecule has 2 amide bonds. The number of benzene rings is 1. The molecular weight excluding hydrogens is 421 g/mol. The third-order valence-corrected chi connectivity index (χ3v) is 5.69. The fraction of sp³-hybridized carbons (Fsp3) is 0.500. The number of pyridine rings is 1. The van der Waals surface area contributed by atoms with Crippen molar-refractivity contribution in [1.82, 2.24) is 15.2 Å². The van der Waals surface area contributed by atoms with E-state index in [-0.39, 0.29) is 13.0 Å². The Morgan fingerprint density at radius 2 is 1.88 bits per heavy atom. The molecule has 2 aromatic rings. The van der Waals surface area contributed by atoms with Crippen molar-refractivity contribution >= 4 is 12.0 Å². The van der Waals surface area contributed by atoms with Crippen molar-refractivity contribution < 1.29 is 18.7 Å². The molecule has 0 bridgehead atoms. The van der Waals surface area contributed by atoms with E-state index >= 15 is 0 Å². The van der Waals surface area contributed by atoms with Gasteiger partial charge < -0.3 is 10.1 Å². The van der Waals surface area contributed by atoms with Crippen LogP contribution >= 0.6 is 0 Å². The number of hydrogen-bond donors (Lipinski definition) is 1. The van der Waals surface area contributed by atoms with E-state index in [4.69, 9.17) is 4.74 Å². The van der Waals surface area contributed by atoms with Crippen molar-refractivity contribution in [2.45, 2.75) is 77.7 Å². The Balaban J connectivity index is 1.89. The minimum Gasteiger partial charge on any atom is -0.444 e. The highest BCUT2D eigenvalue weighted by atomic mass is 19.1. The summed E-state index contributed by atoms with van der Waals surface area (Å²) in [5, 5.41) is 3.02. The van der Waals surface area contributed by atoms with E-state index in [0.29, 0.717) is 11.6 Å². The smallest absolute Gasteiger partial charge is 0.411 e. The molecule has 0 spiro atoms. The number of carbonyl (C=O) groups excluding carboxylic acids is 2. The van der Waals surface area contributed by atoms with Gasteiger partial charge in [-0.05, 0) is 56.4 Å². The summed E-state index contributed by atoms with van der Waals surface area (Å²) < 4.78 is 19.7. The Morgan fingerprint density at radius 1 is 1.21 bits per heavy atom. The maximum absolute atomic E-state index is 14.3. The summed E-state index contributed by atoms with van der Waals surface area (Å²) in [6.07, 6.45) is -0.188. The third kappa shape index (κ3) is 6.09. The quantitative estimate of drug-likeness (QED) is 0.684. The van der Waals surface area contributed by atoms with Gasteiger partial charge in [0.15, 0.2) is 0 Å². The van der Waals surface area contributed by atoms with Crippen LogP contribution in [-0.2, 0) is 9.53 Å². The molecule has 6 nitrogen and oxygen atoms in total. The lowest BCUT2D eigenvalue weighted by Crippen LogP contribution is -2.48. The van der Waals surface area contributed by atoms with E-state index in [2.05, 4.69) is 24.1 Å². The van der Waals surface area contributed by atoms with Gasteiger partial charge in [-0.15, -0.1) is 0 Å². The fourth-order valence-electron chi connectivity index (χ4n) is 4.12. The maximum Gasteiger partial charge on any atom is 0.411 e. The van der Waals surface area contributed by atoms with E-state index in [9.17, 15) is 14.0 Å². The first-order valence-corrected chi connectivity index (χ1v) is 11.4. The van der Waals surface area contributed by atoms with Crippen LogP contribution in [0.4, 0.5) is 9.18 Å². The molecule has 33 heavy (non-hydrogen) atoms. The average molecular weight is 456 g/mol. The number of aromatic nitrogens is 1. The second-order valence-electron chi connectivity index (χ2n) is 9.95. The summed E-state index contributed by atoms with van der Waals surface area (Å²) in [7, 11) is 0. The van der Waals surface area contributed by atoms with Gasteiger partial charge in [-0.1, -0.05) is 44.2 Å². The van der Waals surface area contributed by atoms with Crippen molar-refractivity contribution in [2.24, 2.45) is 0 Å². The van der Waals surface area contributed by atoms with Gasteiger partial charge in [-0.25, -0.2) is 9.18 Å². The first-order chi connectivity index (χ1) is 15.5. The van der Waals surface area contributed by atoms with Gasteiger partial charge in [0.2, 0.25) is 5.91 Å². The number of nitrogens with zero attached hydrogens (tertiary/aromatic N) is 2. The number of likely N-dealkylation sites (tertiary alicyclic amines) is 1. The van der Waals surface area contributed by atoms with E-state index in [0.717, 1.165) is 16.7 Å². The predicted octanol–water partition coefficient (Wildman–Crippen LogP) is 5.07. The number of nitrogens with one attached hydrogen (secondary N) is 1. The summed E-state index contributed by atoms with van der Waals surface area (Å²) >= 11 is 0. The van der Waals surface area contributed by atoms with Crippen molar-refractivity contribution in [3.05, 3.63) is 65.0 Å². The zero-order valence-electron chi connectivity index (χ0n) is 20.3. The highest BCUT2D eigenvalue weighted by Gasteiger charge is 2.42. The lowest BCUT2D eigenvalue weighted by molar-refractivity contribution is -0.126. The van der Waals surface area contributed by atoms with Crippen molar-refractivity contribution in [3.63, 3.8) is 0 Å². The minimum absolute atomic E-state index is 0.0642. The second-order valence-corrected chi connectivity index (χ2v) is 9.95. The molecular formula is C26H34FN3O3. The lowest BCUT2D eigenvalue weighted by atomic mass is 9.96. The van der Waals surface area contributed by atoms with Gasteiger partial charge in [0, 0.05) is 12.6 Å². The number of amides is 2. The number of halogens is 1. The predicted molar refractivity (Wildman–Crippen MR) is 126 cm³/mol. The minimum atomic E-state index is -1.28. The number of alkyl halides is 1. The van der Waals surface area contributed by atoms with Crippen LogP contribution in [0.1, 0.15) is 75.4 Å². The van der Waals surface area contributed by atoms with Gasteiger partial charge in [-0.3, -0.25) is 14.7 Å². The Morgan fingerprint density at radius 3 is 2.45 bits per heavy atom. The zero-order chi connectivity index (χ0) is 24.3. The number of rotatable bonds is 5. The number of hydrogen-bond acceptors (Lipinski definition) is 4. The van der Waals surface area contributed by atoms with Crippen LogP contribution in [0.15, 0.2) is 42.6 Å². The largest absolute Gasteiger partial charge is 0.444 e. The molecule has 1 aromatic carbocycles. The molecule has 7 heteroatoms. The first-order valence-electron chi connectivity index (χ1n) is 11.4. The topological polar surface area (TPSA) is 71.5 Å². The summed E-state index contributed by atoms with van der Waals surface area (Å²) in [6, 6.07) is 10.0. The van der Waals surface area contributed by atoms with Crippen molar-refractivity contribution in [2.75, 3.05) is 6.54 Å². The molecule has 1 N–H and O–H groups in total.